The van der Waals surface area contributed by atoms with Crippen molar-refractivity contribution in [2.45, 2.75) is 69.9 Å². The van der Waals surface area contributed by atoms with Crippen LogP contribution in [0.25, 0.3) is 11.1 Å². The molecule has 0 radical (unpaired) electrons. The molecule has 2 aliphatic carbocycles. The Morgan fingerprint density at radius 3 is 1.36 bits per heavy atom. The van der Waals surface area contributed by atoms with Crippen LogP contribution in [0.2, 0.25) is 8.26 Å². The molecule has 178 valence electrons. The molecule has 2 atom stereocenters. The Hall–Kier alpha value is -0.617. The normalized spacial score (nSPS) is 23.0. The van der Waals surface area contributed by atoms with E-state index in [1.165, 1.54) is 12.8 Å². The van der Waals surface area contributed by atoms with Gasteiger partial charge < -0.3 is 0 Å². The van der Waals surface area contributed by atoms with Crippen molar-refractivity contribution in [3.63, 3.8) is 0 Å². The Bertz CT molecular complexity index is 1000. The number of fused-ring (bicyclic) bond motifs is 2. The van der Waals surface area contributed by atoms with Gasteiger partial charge in [-0.3, -0.25) is 0 Å². The summed E-state index contributed by atoms with van der Waals surface area (Å²) in [5, 5.41) is 0. The molecule has 5 rings (SSSR count). The van der Waals surface area contributed by atoms with Gasteiger partial charge in [-0.1, -0.05) is 0 Å². The fraction of sp³-hybridized carbons (Fsp3) is 0.467. The number of allylic oxidation sites excluding steroid dienone is 4. The summed E-state index contributed by atoms with van der Waals surface area (Å²) < 4.78 is 4.62. The van der Waals surface area contributed by atoms with E-state index in [9.17, 15) is 0 Å². The summed E-state index contributed by atoms with van der Waals surface area (Å²) in [6.45, 7) is 14.6. The maximum Gasteiger partial charge on any atom is -0.147 e. The predicted molar refractivity (Wildman–Crippen MR) is 147 cm³/mol. The molecule has 1 aliphatic heterocycles. The number of hydrogen-bond donors (Lipinski definition) is 0. The zero-order valence-electron chi connectivity index (χ0n) is 21.1. The maximum absolute atomic E-state index is 2.70. The number of halogens is 2. The van der Waals surface area contributed by atoms with E-state index in [0.29, 0.717) is 11.8 Å². The fourth-order valence-corrected chi connectivity index (χ4v) is 26.0. The quantitative estimate of drug-likeness (QED) is 0.348. The molecule has 2 aromatic rings. The van der Waals surface area contributed by atoms with Crippen LogP contribution in [0.15, 0.2) is 59.7 Å². The molecule has 3 heteroatoms. The first-order valence-corrected chi connectivity index (χ1v) is 18.8. The van der Waals surface area contributed by atoms with Gasteiger partial charge in [0, 0.05) is 0 Å². The minimum absolute atomic E-state index is 0. The van der Waals surface area contributed by atoms with Crippen molar-refractivity contribution in [3.05, 3.63) is 81.9 Å². The molecule has 33 heavy (non-hydrogen) atoms. The van der Waals surface area contributed by atoms with Gasteiger partial charge in [0.1, 0.15) is 0 Å². The second kappa shape index (κ2) is 10.2. The Balaban J connectivity index is 0.00000153. The third kappa shape index (κ3) is 3.99. The molecule has 3 aliphatic rings. The molecule has 0 bridgehead atoms. The van der Waals surface area contributed by atoms with Crippen LogP contribution in [0.4, 0.5) is 0 Å². The van der Waals surface area contributed by atoms with E-state index in [2.05, 4.69) is 90.1 Å². The van der Waals surface area contributed by atoms with Crippen molar-refractivity contribution in [1.29, 1.82) is 0 Å². The van der Waals surface area contributed by atoms with Crippen LogP contribution in [0.5, 0.6) is 0 Å². The molecule has 0 N–H and O–H groups in total. The Morgan fingerprint density at radius 1 is 0.636 bits per heavy atom. The van der Waals surface area contributed by atoms with Gasteiger partial charge in [-0.2, -0.15) is 0 Å². The van der Waals surface area contributed by atoms with Gasteiger partial charge in [0.2, 0.25) is 0 Å². The van der Waals surface area contributed by atoms with Crippen LogP contribution in [0.1, 0.15) is 83.9 Å². The van der Waals surface area contributed by atoms with Crippen molar-refractivity contribution >= 4 is 36.0 Å². The minimum atomic E-state index is -2.70. The van der Waals surface area contributed by atoms with E-state index in [1.54, 1.807) is 52.8 Å². The Morgan fingerprint density at radius 2 is 1.00 bits per heavy atom. The van der Waals surface area contributed by atoms with Crippen molar-refractivity contribution in [2.75, 3.05) is 0 Å². The molecule has 2 unspecified atom stereocenters. The van der Waals surface area contributed by atoms with Gasteiger partial charge in [0.25, 0.3) is 0 Å². The molecule has 0 amide bonds. The molecule has 1 saturated heterocycles. The number of rotatable bonds is 4. The van der Waals surface area contributed by atoms with Crippen molar-refractivity contribution < 1.29 is 20.3 Å². The van der Waals surface area contributed by atoms with E-state index in [1.807, 2.05) is 0 Å². The largest absolute Gasteiger partial charge is 0.147 e. The standard InChI is InChI=1S/2C13H15.C4H8.2ClH.Zr/c2*1-9(2)13-10(3)8-11-6-4-5-7-12(11)13;1-3-4-2;;;/h2*4-9H,1-3H3;1-4H2;2*1H;. The van der Waals surface area contributed by atoms with Crippen LogP contribution < -0.4 is 0 Å². The van der Waals surface area contributed by atoms with Crippen molar-refractivity contribution in [2.24, 2.45) is 11.8 Å². The van der Waals surface area contributed by atoms with E-state index < -0.39 is 20.3 Å². The van der Waals surface area contributed by atoms with Crippen molar-refractivity contribution in [1.82, 2.24) is 0 Å². The van der Waals surface area contributed by atoms with Gasteiger partial charge >= 0.3 is 195 Å². The topological polar surface area (TPSA) is 0 Å². The predicted octanol–water partition coefficient (Wildman–Crippen LogP) is 9.98. The monoisotopic (exact) mass is 560 g/mol. The smallest absolute Gasteiger partial charge is 0.147 e. The zero-order valence-corrected chi connectivity index (χ0v) is 25.2. The van der Waals surface area contributed by atoms with E-state index in [0.717, 1.165) is 7.25 Å². The SMILES string of the molecule is CC1=C(C(C)C)c2ccccc2[CH]1[Zr]1([CH]2C(C)=C(C(C)C)c3ccccc32)[CH2]CC[CH2]1.Cl.Cl. The average molecular weight is 563 g/mol. The summed E-state index contributed by atoms with van der Waals surface area (Å²) in [6.07, 6.45) is 2.92. The van der Waals surface area contributed by atoms with Crippen LogP contribution in [0.3, 0.4) is 0 Å². The molecule has 0 spiro atoms. The van der Waals surface area contributed by atoms with Crippen molar-refractivity contribution in [3.8, 4) is 0 Å². The Labute approximate surface area is 218 Å². The summed E-state index contributed by atoms with van der Waals surface area (Å²) in [7, 11) is 0. The van der Waals surface area contributed by atoms with Crippen LogP contribution >= 0.6 is 24.8 Å². The first kappa shape index (κ1) is 27.0. The van der Waals surface area contributed by atoms with E-state index in [4.69, 9.17) is 0 Å². The zero-order chi connectivity index (χ0) is 21.9. The first-order chi connectivity index (χ1) is 14.9. The fourth-order valence-electron chi connectivity index (χ4n) is 7.98. The molecule has 0 aromatic heterocycles. The molecule has 1 heterocycles. The molecular formula is C30H40Cl2Zr. The summed E-state index contributed by atoms with van der Waals surface area (Å²) >= 11 is -2.70. The second-order valence-corrected chi connectivity index (χ2v) is 22.3. The summed E-state index contributed by atoms with van der Waals surface area (Å²) in [6, 6.07) is 19.0. The summed E-state index contributed by atoms with van der Waals surface area (Å²) in [4.78, 5) is 0. The number of hydrogen-bond acceptors (Lipinski definition) is 0. The minimum Gasteiger partial charge on any atom is -0.147 e. The molecular weight excluding hydrogens is 522 g/mol. The Kier molecular flexibility index (Phi) is 8.31. The molecule has 2 aromatic carbocycles. The summed E-state index contributed by atoms with van der Waals surface area (Å²) in [5.41, 5.74) is 13.4. The molecule has 0 saturated carbocycles. The van der Waals surface area contributed by atoms with E-state index >= 15 is 0 Å². The van der Waals surface area contributed by atoms with Gasteiger partial charge in [0.05, 0.1) is 0 Å². The van der Waals surface area contributed by atoms with E-state index in [-0.39, 0.29) is 24.8 Å². The first-order valence-electron chi connectivity index (χ1n) is 12.5. The van der Waals surface area contributed by atoms with Crippen LogP contribution in [-0.2, 0) is 20.3 Å². The average Bonchev–Trinajstić information content (AvgIpc) is 3.39. The van der Waals surface area contributed by atoms with Crippen LogP contribution in [-0.4, -0.2) is 0 Å². The third-order valence-electron chi connectivity index (χ3n) is 8.68. The van der Waals surface area contributed by atoms with Crippen LogP contribution in [0, 0.1) is 11.8 Å². The summed E-state index contributed by atoms with van der Waals surface area (Å²) in [5.74, 6) is 1.21. The van der Waals surface area contributed by atoms with Gasteiger partial charge in [-0.25, -0.2) is 0 Å². The number of benzene rings is 2. The second-order valence-electron chi connectivity index (χ2n) is 11.0. The molecule has 1 fully saturated rings. The maximum atomic E-state index is 2.51. The van der Waals surface area contributed by atoms with Gasteiger partial charge in [0.15, 0.2) is 0 Å². The van der Waals surface area contributed by atoms with Gasteiger partial charge in [-0.05, 0) is 0 Å². The third-order valence-corrected chi connectivity index (χ3v) is 24.3. The molecule has 0 nitrogen and oxygen atoms in total. The van der Waals surface area contributed by atoms with Gasteiger partial charge in [-0.15, -0.1) is 24.8 Å².